The van der Waals surface area contributed by atoms with Gasteiger partial charge < -0.3 is 19.9 Å². The first-order valence-electron chi connectivity index (χ1n) is 11.7. The van der Waals surface area contributed by atoms with Gasteiger partial charge in [0, 0.05) is 43.0 Å². The molecule has 0 aliphatic carbocycles. The van der Waals surface area contributed by atoms with Crippen LogP contribution in [0.5, 0.6) is 5.75 Å². The molecular formula is C27H29FN4O4. The Labute approximate surface area is 209 Å². The Morgan fingerprint density at radius 1 is 1.00 bits per heavy atom. The van der Waals surface area contributed by atoms with Crippen molar-refractivity contribution in [2.24, 2.45) is 5.73 Å². The number of rotatable bonds is 8. The lowest BCUT2D eigenvalue weighted by molar-refractivity contribution is 0.0623. The molecule has 3 aromatic rings. The Balaban J connectivity index is 1.44. The number of methoxy groups -OCH3 is 1. The number of primary amides is 1. The van der Waals surface area contributed by atoms with E-state index >= 15 is 0 Å². The summed E-state index contributed by atoms with van der Waals surface area (Å²) in [4.78, 5) is 41.8. The van der Waals surface area contributed by atoms with E-state index in [4.69, 9.17) is 10.5 Å². The molecule has 0 radical (unpaired) electrons. The van der Waals surface area contributed by atoms with Crippen LogP contribution in [0.25, 0.3) is 0 Å². The van der Waals surface area contributed by atoms with E-state index in [0.717, 1.165) is 0 Å². The summed E-state index contributed by atoms with van der Waals surface area (Å²) < 4.78 is 21.1. The van der Waals surface area contributed by atoms with Crippen LogP contribution in [0.3, 0.4) is 0 Å². The molecule has 1 saturated heterocycles. The van der Waals surface area contributed by atoms with Crippen LogP contribution < -0.4 is 10.5 Å². The maximum atomic E-state index is 14.3. The highest BCUT2D eigenvalue weighted by atomic mass is 19.1. The van der Waals surface area contributed by atoms with Gasteiger partial charge in [-0.25, -0.2) is 4.39 Å². The fourth-order valence-electron chi connectivity index (χ4n) is 4.44. The molecular weight excluding hydrogens is 463 g/mol. The summed E-state index contributed by atoms with van der Waals surface area (Å²) in [5, 5.41) is 0. The minimum absolute atomic E-state index is 0.0656. The highest BCUT2D eigenvalue weighted by molar-refractivity contribution is 6.01. The first-order valence-corrected chi connectivity index (χ1v) is 11.7. The van der Waals surface area contributed by atoms with E-state index in [2.05, 4.69) is 0 Å². The van der Waals surface area contributed by atoms with E-state index in [0.29, 0.717) is 54.4 Å². The summed E-state index contributed by atoms with van der Waals surface area (Å²) >= 11 is 0. The Morgan fingerprint density at radius 2 is 1.67 bits per heavy atom. The number of amides is 2. The van der Waals surface area contributed by atoms with Gasteiger partial charge in [0.2, 0.25) is 0 Å². The van der Waals surface area contributed by atoms with E-state index < -0.39 is 5.91 Å². The lowest BCUT2D eigenvalue weighted by Crippen LogP contribution is -2.50. The molecule has 1 aliphatic rings. The van der Waals surface area contributed by atoms with Gasteiger partial charge in [0.05, 0.1) is 31.5 Å². The summed E-state index contributed by atoms with van der Waals surface area (Å²) in [6.45, 7) is 3.95. The molecule has 2 heterocycles. The standard InChI is InChI=1S/C27H29FN4O4/c1-18-22(26(29)34)15-24(32(18)16-20-5-3-4-6-23(20)28)25(33)17-30-11-13-31(14-12-30)27(35)19-7-9-21(36-2)10-8-19/h3-10,15H,11-14,16-17H2,1-2H3,(H2,29,34). The van der Waals surface area contributed by atoms with Crippen LogP contribution in [0.1, 0.15) is 42.5 Å². The maximum Gasteiger partial charge on any atom is 0.253 e. The van der Waals surface area contributed by atoms with Crippen molar-refractivity contribution in [1.29, 1.82) is 0 Å². The van der Waals surface area contributed by atoms with Gasteiger partial charge in [-0.1, -0.05) is 18.2 Å². The second-order valence-electron chi connectivity index (χ2n) is 8.79. The number of hydrogen-bond acceptors (Lipinski definition) is 5. The number of Topliss-reactive ketones (excluding diaryl/α,β-unsaturated/α-hetero) is 1. The predicted molar refractivity (Wildman–Crippen MR) is 133 cm³/mol. The summed E-state index contributed by atoms with van der Waals surface area (Å²) in [6, 6.07) is 14.8. The van der Waals surface area contributed by atoms with Crippen LogP contribution in [0.4, 0.5) is 4.39 Å². The molecule has 1 fully saturated rings. The van der Waals surface area contributed by atoms with Gasteiger partial charge in [-0.05, 0) is 43.3 Å². The third kappa shape index (κ3) is 5.31. The van der Waals surface area contributed by atoms with Crippen molar-refractivity contribution in [3.8, 4) is 5.75 Å². The molecule has 2 amide bonds. The minimum atomic E-state index is -0.639. The van der Waals surface area contributed by atoms with Crippen molar-refractivity contribution in [1.82, 2.24) is 14.4 Å². The molecule has 0 bridgehead atoms. The van der Waals surface area contributed by atoms with Gasteiger partial charge in [-0.2, -0.15) is 0 Å². The van der Waals surface area contributed by atoms with E-state index in [1.54, 1.807) is 66.0 Å². The van der Waals surface area contributed by atoms with Crippen molar-refractivity contribution in [2.45, 2.75) is 13.5 Å². The topological polar surface area (TPSA) is 97.9 Å². The lowest BCUT2D eigenvalue weighted by Gasteiger charge is -2.34. The molecule has 0 spiro atoms. The monoisotopic (exact) mass is 492 g/mol. The third-order valence-corrected chi connectivity index (χ3v) is 6.57. The highest BCUT2D eigenvalue weighted by Crippen LogP contribution is 2.20. The smallest absolute Gasteiger partial charge is 0.253 e. The zero-order valence-electron chi connectivity index (χ0n) is 20.4. The molecule has 36 heavy (non-hydrogen) atoms. The summed E-state index contributed by atoms with van der Waals surface area (Å²) in [5.74, 6) is -0.605. The Morgan fingerprint density at radius 3 is 2.28 bits per heavy atom. The number of benzene rings is 2. The number of ketones is 1. The van der Waals surface area contributed by atoms with Gasteiger partial charge in [0.25, 0.3) is 11.8 Å². The fraction of sp³-hybridized carbons (Fsp3) is 0.296. The zero-order valence-corrected chi connectivity index (χ0v) is 20.4. The van der Waals surface area contributed by atoms with E-state index in [9.17, 15) is 18.8 Å². The minimum Gasteiger partial charge on any atom is -0.497 e. The molecule has 4 rings (SSSR count). The van der Waals surface area contributed by atoms with Crippen LogP contribution in [-0.4, -0.2) is 71.8 Å². The highest BCUT2D eigenvalue weighted by Gasteiger charge is 2.26. The number of carbonyl (C=O) groups excluding carboxylic acids is 3. The molecule has 0 atom stereocenters. The molecule has 8 nitrogen and oxygen atoms in total. The van der Waals surface area contributed by atoms with Crippen LogP contribution in [0, 0.1) is 12.7 Å². The van der Waals surface area contributed by atoms with E-state index in [1.807, 2.05) is 4.90 Å². The molecule has 9 heteroatoms. The number of hydrogen-bond donors (Lipinski definition) is 1. The molecule has 0 unspecified atom stereocenters. The first kappa shape index (κ1) is 25.1. The average molecular weight is 493 g/mol. The van der Waals surface area contributed by atoms with Crippen LogP contribution in [0.2, 0.25) is 0 Å². The third-order valence-electron chi connectivity index (χ3n) is 6.57. The summed E-state index contributed by atoms with van der Waals surface area (Å²) in [6.07, 6.45) is 0. The Kier molecular flexibility index (Phi) is 7.49. The fourth-order valence-corrected chi connectivity index (χ4v) is 4.44. The van der Waals surface area contributed by atoms with Crippen LogP contribution in [-0.2, 0) is 6.54 Å². The van der Waals surface area contributed by atoms with Gasteiger partial charge in [-0.3, -0.25) is 19.3 Å². The number of nitrogens with two attached hydrogens (primary N) is 1. The number of ether oxygens (including phenoxy) is 1. The van der Waals surface area contributed by atoms with Gasteiger partial charge in [0.1, 0.15) is 11.6 Å². The summed E-state index contributed by atoms with van der Waals surface area (Å²) in [5.41, 5.74) is 7.58. The van der Waals surface area contributed by atoms with Crippen LogP contribution in [0.15, 0.2) is 54.6 Å². The number of halogens is 1. The second kappa shape index (κ2) is 10.7. The van der Waals surface area contributed by atoms with Gasteiger partial charge >= 0.3 is 0 Å². The zero-order chi connectivity index (χ0) is 25.8. The SMILES string of the molecule is COc1ccc(C(=O)N2CCN(CC(=O)c3cc(C(N)=O)c(C)n3Cc3ccccc3F)CC2)cc1. The number of piperazine rings is 1. The van der Waals surface area contributed by atoms with Crippen molar-refractivity contribution in [2.75, 3.05) is 39.8 Å². The normalized spacial score (nSPS) is 14.0. The van der Waals surface area contributed by atoms with Crippen molar-refractivity contribution >= 4 is 17.6 Å². The predicted octanol–water partition coefficient (Wildman–Crippen LogP) is 2.73. The lowest BCUT2D eigenvalue weighted by atomic mass is 10.1. The van der Waals surface area contributed by atoms with Gasteiger partial charge in [-0.15, -0.1) is 0 Å². The van der Waals surface area contributed by atoms with Crippen molar-refractivity contribution in [3.05, 3.63) is 88.5 Å². The number of nitrogens with zero attached hydrogens (tertiary/aromatic N) is 3. The van der Waals surface area contributed by atoms with Crippen LogP contribution >= 0.6 is 0 Å². The van der Waals surface area contributed by atoms with E-state index in [1.165, 1.54) is 12.1 Å². The average Bonchev–Trinajstić information content (AvgIpc) is 3.21. The van der Waals surface area contributed by atoms with Crippen molar-refractivity contribution in [3.63, 3.8) is 0 Å². The molecule has 188 valence electrons. The quantitative estimate of drug-likeness (QED) is 0.488. The number of carbonyl (C=O) groups is 3. The largest absolute Gasteiger partial charge is 0.497 e. The maximum absolute atomic E-state index is 14.3. The summed E-state index contributed by atoms with van der Waals surface area (Å²) in [7, 11) is 1.57. The molecule has 1 aromatic heterocycles. The first-order chi connectivity index (χ1) is 17.3. The molecule has 1 aliphatic heterocycles. The van der Waals surface area contributed by atoms with Crippen molar-refractivity contribution < 1.29 is 23.5 Å². The Bertz CT molecular complexity index is 1280. The second-order valence-corrected chi connectivity index (χ2v) is 8.79. The molecule has 2 aromatic carbocycles. The molecule has 0 saturated carbocycles. The number of aromatic nitrogens is 1. The Hall–Kier alpha value is -3.98. The van der Waals surface area contributed by atoms with Gasteiger partial charge in [0.15, 0.2) is 5.78 Å². The molecule has 2 N–H and O–H groups in total. The van der Waals surface area contributed by atoms with E-state index in [-0.39, 0.29) is 36.2 Å².